The highest BCUT2D eigenvalue weighted by Crippen LogP contribution is 2.67. The summed E-state index contributed by atoms with van der Waals surface area (Å²) in [6.07, 6.45) is 15.4. The van der Waals surface area contributed by atoms with Crippen LogP contribution in [-0.2, 0) is 14.0 Å². The van der Waals surface area contributed by atoms with Crippen molar-refractivity contribution >= 4 is 14.3 Å². The third-order valence-electron chi connectivity index (χ3n) is 12.1. The Labute approximate surface area is 209 Å². The highest BCUT2D eigenvalue weighted by molar-refractivity contribution is 6.74. The SMILES string of the molecule is CC(C)(C)[Si](C)(C)O[C@@H]1CC[C@@]2(C)[C@H](CC[C@H]3[C@H]4CC=C([C@H]5CCC(=O)OC5)[C@@]4(C)CC[C@@H]32)C1. The lowest BCUT2D eigenvalue weighted by molar-refractivity contribution is -0.149. The third kappa shape index (κ3) is 3.98. The van der Waals surface area contributed by atoms with Crippen LogP contribution in [-0.4, -0.2) is 27.0 Å². The molecule has 192 valence electrons. The fraction of sp³-hybridized carbons (Fsp3) is 0.900. The van der Waals surface area contributed by atoms with Crippen LogP contribution in [0.3, 0.4) is 0 Å². The van der Waals surface area contributed by atoms with Gasteiger partial charge >= 0.3 is 5.97 Å². The molecule has 1 saturated heterocycles. The van der Waals surface area contributed by atoms with E-state index in [0.29, 0.717) is 40.9 Å². The molecule has 1 aliphatic heterocycles. The molecule has 0 aromatic heterocycles. The lowest BCUT2D eigenvalue weighted by Crippen LogP contribution is -2.55. The molecule has 3 nitrogen and oxygen atoms in total. The number of allylic oxidation sites excluding steroid dienone is 1. The van der Waals surface area contributed by atoms with Crippen LogP contribution in [0, 0.1) is 40.4 Å². The minimum absolute atomic E-state index is 0.000332. The van der Waals surface area contributed by atoms with Crippen LogP contribution in [0.25, 0.3) is 0 Å². The Morgan fingerprint density at radius 3 is 2.47 bits per heavy atom. The number of ether oxygens (including phenoxy) is 1. The van der Waals surface area contributed by atoms with E-state index in [2.05, 4.69) is 53.8 Å². The molecule has 0 spiro atoms. The average molecular weight is 487 g/mol. The van der Waals surface area contributed by atoms with Gasteiger partial charge in [0.1, 0.15) is 0 Å². The number of rotatable bonds is 3. The van der Waals surface area contributed by atoms with E-state index in [1.807, 2.05) is 0 Å². The summed E-state index contributed by atoms with van der Waals surface area (Å²) in [7, 11) is -1.70. The first-order valence-electron chi connectivity index (χ1n) is 14.4. The molecule has 4 fully saturated rings. The van der Waals surface area contributed by atoms with Crippen LogP contribution in [0.5, 0.6) is 0 Å². The monoisotopic (exact) mass is 486 g/mol. The number of hydrogen-bond acceptors (Lipinski definition) is 3. The molecule has 1 heterocycles. The molecule has 4 aliphatic carbocycles. The van der Waals surface area contributed by atoms with Gasteiger partial charge in [-0.15, -0.1) is 0 Å². The molecule has 4 heteroatoms. The van der Waals surface area contributed by atoms with Crippen LogP contribution >= 0.6 is 0 Å². The number of hydrogen-bond donors (Lipinski definition) is 0. The molecule has 0 amide bonds. The van der Waals surface area contributed by atoms with Crippen molar-refractivity contribution in [2.45, 2.75) is 123 Å². The Morgan fingerprint density at radius 1 is 1.03 bits per heavy atom. The third-order valence-corrected chi connectivity index (χ3v) is 16.6. The summed E-state index contributed by atoms with van der Waals surface area (Å²) < 4.78 is 12.4. The van der Waals surface area contributed by atoms with E-state index in [9.17, 15) is 4.79 Å². The van der Waals surface area contributed by atoms with Gasteiger partial charge in [-0.1, -0.05) is 46.3 Å². The molecule has 5 aliphatic rings. The Balaban J connectivity index is 1.28. The second-order valence-electron chi connectivity index (χ2n) is 14.7. The maximum Gasteiger partial charge on any atom is 0.305 e. The zero-order valence-electron chi connectivity index (χ0n) is 23.0. The van der Waals surface area contributed by atoms with E-state index in [-0.39, 0.29) is 5.97 Å². The summed E-state index contributed by atoms with van der Waals surface area (Å²) in [6.45, 7) is 17.8. The van der Waals surface area contributed by atoms with Gasteiger partial charge in [0, 0.05) is 18.4 Å². The van der Waals surface area contributed by atoms with Crippen molar-refractivity contribution in [2.75, 3.05) is 6.61 Å². The van der Waals surface area contributed by atoms with Gasteiger partial charge < -0.3 is 9.16 Å². The average Bonchev–Trinajstić information content (AvgIpc) is 3.11. The quantitative estimate of drug-likeness (QED) is 0.231. The van der Waals surface area contributed by atoms with E-state index >= 15 is 0 Å². The molecular formula is C30H50O3Si. The van der Waals surface area contributed by atoms with Crippen LogP contribution in [0.4, 0.5) is 0 Å². The molecule has 0 unspecified atom stereocenters. The zero-order chi connectivity index (χ0) is 24.5. The fourth-order valence-electron chi connectivity index (χ4n) is 9.04. The Morgan fingerprint density at radius 2 is 1.79 bits per heavy atom. The van der Waals surface area contributed by atoms with Gasteiger partial charge in [0.25, 0.3) is 0 Å². The number of esters is 1. The van der Waals surface area contributed by atoms with E-state index < -0.39 is 8.32 Å². The van der Waals surface area contributed by atoms with Crippen molar-refractivity contribution in [3.63, 3.8) is 0 Å². The van der Waals surface area contributed by atoms with Gasteiger partial charge in [-0.05, 0) is 110 Å². The number of carbonyl (C=O) groups is 1. The molecular weight excluding hydrogens is 436 g/mol. The van der Waals surface area contributed by atoms with E-state index in [1.54, 1.807) is 5.57 Å². The topological polar surface area (TPSA) is 35.5 Å². The molecule has 0 radical (unpaired) electrons. The highest BCUT2D eigenvalue weighted by Gasteiger charge is 2.59. The predicted octanol–water partition coefficient (Wildman–Crippen LogP) is 7.91. The van der Waals surface area contributed by atoms with Crippen molar-refractivity contribution in [3.05, 3.63) is 11.6 Å². The maximum atomic E-state index is 11.6. The summed E-state index contributed by atoms with van der Waals surface area (Å²) in [5, 5.41) is 0.295. The molecule has 8 atom stereocenters. The molecule has 3 saturated carbocycles. The molecule has 0 bridgehead atoms. The standard InChI is InChI=1S/C30H50O3Si/c1-28(2,3)34(6,7)33-22-14-16-29(4)21(18-22)9-10-23-25-12-11-24(20-8-13-27(31)32-19-20)30(25,5)17-15-26(23)29/h11,20-23,25-26H,8-10,12-19H2,1-7H3/t20-,21+,22+,23-,25+,26-,29-,30+/m0/s1. The Kier molecular flexibility index (Phi) is 6.24. The van der Waals surface area contributed by atoms with Gasteiger partial charge in [-0.3, -0.25) is 4.79 Å². The van der Waals surface area contributed by atoms with Crippen molar-refractivity contribution in [1.29, 1.82) is 0 Å². The largest absolute Gasteiger partial charge is 0.465 e. The summed E-state index contributed by atoms with van der Waals surface area (Å²) in [5.41, 5.74) is 2.49. The second-order valence-corrected chi connectivity index (χ2v) is 19.5. The zero-order valence-corrected chi connectivity index (χ0v) is 24.0. The summed E-state index contributed by atoms with van der Waals surface area (Å²) in [4.78, 5) is 11.6. The second kappa shape index (κ2) is 8.47. The van der Waals surface area contributed by atoms with Gasteiger partial charge in [-0.25, -0.2) is 0 Å². The van der Waals surface area contributed by atoms with Crippen LogP contribution in [0.2, 0.25) is 18.1 Å². The van der Waals surface area contributed by atoms with Crippen LogP contribution in [0.1, 0.15) is 98.8 Å². The predicted molar refractivity (Wildman–Crippen MR) is 141 cm³/mol. The van der Waals surface area contributed by atoms with E-state index in [0.717, 1.165) is 30.1 Å². The first kappa shape index (κ1) is 25.1. The first-order valence-corrected chi connectivity index (χ1v) is 17.3. The number of carbonyl (C=O) groups excluding carboxylic acids is 1. The number of fused-ring (bicyclic) bond motifs is 5. The Hall–Kier alpha value is -0.613. The molecule has 5 rings (SSSR count). The van der Waals surface area contributed by atoms with Gasteiger partial charge in [0.05, 0.1) is 6.61 Å². The van der Waals surface area contributed by atoms with Crippen molar-refractivity contribution in [1.82, 2.24) is 0 Å². The molecule has 0 aromatic carbocycles. The summed E-state index contributed by atoms with van der Waals surface area (Å²) in [5.74, 6) is 3.87. The summed E-state index contributed by atoms with van der Waals surface area (Å²) in [6, 6.07) is 0. The van der Waals surface area contributed by atoms with Crippen molar-refractivity contribution < 1.29 is 14.0 Å². The fourth-order valence-corrected chi connectivity index (χ4v) is 10.4. The lowest BCUT2D eigenvalue weighted by atomic mass is 9.44. The first-order chi connectivity index (χ1) is 15.8. The normalized spacial score (nSPS) is 45.0. The van der Waals surface area contributed by atoms with E-state index in [4.69, 9.17) is 9.16 Å². The molecule has 0 N–H and O–H groups in total. The van der Waals surface area contributed by atoms with Crippen molar-refractivity contribution in [3.8, 4) is 0 Å². The van der Waals surface area contributed by atoms with Crippen molar-refractivity contribution in [2.24, 2.45) is 40.4 Å². The maximum absolute atomic E-state index is 11.6. The van der Waals surface area contributed by atoms with Gasteiger partial charge in [-0.2, -0.15) is 0 Å². The smallest absolute Gasteiger partial charge is 0.305 e. The number of cyclic esters (lactones) is 1. The van der Waals surface area contributed by atoms with Gasteiger partial charge in [0.15, 0.2) is 8.32 Å². The minimum atomic E-state index is -1.70. The van der Waals surface area contributed by atoms with E-state index in [1.165, 1.54) is 51.4 Å². The Bertz CT molecular complexity index is 830. The van der Waals surface area contributed by atoms with Gasteiger partial charge in [0.2, 0.25) is 0 Å². The van der Waals surface area contributed by atoms with Crippen LogP contribution < -0.4 is 0 Å². The minimum Gasteiger partial charge on any atom is -0.465 e. The lowest BCUT2D eigenvalue weighted by Gasteiger charge is -2.61. The molecule has 34 heavy (non-hydrogen) atoms. The summed E-state index contributed by atoms with van der Waals surface area (Å²) >= 11 is 0. The highest BCUT2D eigenvalue weighted by atomic mass is 28.4. The molecule has 0 aromatic rings. The van der Waals surface area contributed by atoms with Crippen LogP contribution in [0.15, 0.2) is 11.6 Å².